The van der Waals surface area contributed by atoms with Crippen LogP contribution in [0.2, 0.25) is 0 Å². The molecule has 24 heavy (non-hydrogen) atoms. The third-order valence-electron chi connectivity index (χ3n) is 3.82. The second-order valence-corrected chi connectivity index (χ2v) is 5.43. The van der Waals surface area contributed by atoms with Crippen molar-refractivity contribution in [2.45, 2.75) is 19.8 Å². The van der Waals surface area contributed by atoms with Gasteiger partial charge in [-0.3, -0.25) is 5.43 Å². The second kappa shape index (κ2) is 7.06. The van der Waals surface area contributed by atoms with Gasteiger partial charge in [-0.15, -0.1) is 0 Å². The summed E-state index contributed by atoms with van der Waals surface area (Å²) in [5.74, 6) is 5.77. The van der Waals surface area contributed by atoms with Gasteiger partial charge in [-0.2, -0.15) is 15.0 Å². The predicted molar refractivity (Wildman–Crippen MR) is 94.0 cm³/mol. The van der Waals surface area contributed by atoms with E-state index >= 15 is 0 Å². The number of allylic oxidation sites excluding steroid dienone is 6. The van der Waals surface area contributed by atoms with E-state index in [0.29, 0.717) is 5.82 Å². The van der Waals surface area contributed by atoms with Gasteiger partial charge in [0.05, 0.1) is 0 Å². The van der Waals surface area contributed by atoms with Gasteiger partial charge in [-0.25, -0.2) is 5.84 Å². The highest BCUT2D eigenvalue weighted by Gasteiger charge is 2.10. The summed E-state index contributed by atoms with van der Waals surface area (Å²) >= 11 is 0. The molecule has 6 nitrogen and oxygen atoms in total. The molecule has 1 heterocycles. The number of benzene rings is 1. The monoisotopic (exact) mass is 321 g/mol. The summed E-state index contributed by atoms with van der Waals surface area (Å²) < 4.78 is 0. The SMILES string of the molecule is C1=CC2=CC=C1C2.CCc1ccccc1-c1nc(O)nc(NN)n1. The Kier molecular flexibility index (Phi) is 4.67. The maximum atomic E-state index is 9.39. The molecule has 0 radical (unpaired) electrons. The zero-order valence-corrected chi connectivity index (χ0v) is 13.4. The number of hydrazine groups is 1. The third kappa shape index (κ3) is 3.49. The largest absolute Gasteiger partial charge is 0.479 e. The summed E-state index contributed by atoms with van der Waals surface area (Å²) in [7, 11) is 0. The van der Waals surface area contributed by atoms with E-state index in [4.69, 9.17) is 5.84 Å². The van der Waals surface area contributed by atoms with Gasteiger partial charge in [-0.1, -0.05) is 55.5 Å². The molecule has 0 fully saturated rings. The molecule has 2 aliphatic carbocycles. The number of aromatic nitrogens is 3. The van der Waals surface area contributed by atoms with E-state index in [0.717, 1.165) is 17.5 Å². The molecular formula is C18H19N5O. The number of anilines is 1. The lowest BCUT2D eigenvalue weighted by atomic mass is 10.1. The van der Waals surface area contributed by atoms with Crippen LogP contribution in [-0.4, -0.2) is 20.1 Å². The highest BCUT2D eigenvalue weighted by Crippen LogP contribution is 2.27. The smallest absolute Gasteiger partial charge is 0.319 e. The second-order valence-electron chi connectivity index (χ2n) is 5.43. The molecule has 2 aromatic rings. The van der Waals surface area contributed by atoms with Gasteiger partial charge in [0.1, 0.15) is 0 Å². The zero-order valence-electron chi connectivity index (χ0n) is 13.4. The Morgan fingerprint density at radius 3 is 2.33 bits per heavy atom. The number of nitrogens with two attached hydrogens (primary N) is 1. The van der Waals surface area contributed by atoms with Crippen molar-refractivity contribution in [2.75, 3.05) is 5.43 Å². The maximum absolute atomic E-state index is 9.39. The van der Waals surface area contributed by atoms with Gasteiger partial charge in [0.15, 0.2) is 5.82 Å². The van der Waals surface area contributed by atoms with Crippen molar-refractivity contribution < 1.29 is 5.11 Å². The highest BCUT2D eigenvalue weighted by atomic mass is 16.3. The maximum Gasteiger partial charge on any atom is 0.319 e. The molecule has 2 aliphatic rings. The van der Waals surface area contributed by atoms with E-state index < -0.39 is 0 Å². The average Bonchev–Trinajstić information content (AvgIpc) is 3.27. The molecule has 122 valence electrons. The van der Waals surface area contributed by atoms with Gasteiger partial charge in [0.25, 0.3) is 0 Å². The van der Waals surface area contributed by atoms with Crippen LogP contribution < -0.4 is 11.3 Å². The lowest BCUT2D eigenvalue weighted by Crippen LogP contribution is -2.11. The molecule has 0 saturated carbocycles. The van der Waals surface area contributed by atoms with Crippen LogP contribution in [0.15, 0.2) is 59.7 Å². The molecule has 0 saturated heterocycles. The van der Waals surface area contributed by atoms with Crippen LogP contribution in [0.3, 0.4) is 0 Å². The first-order chi connectivity index (χ1) is 11.7. The molecule has 6 heteroatoms. The molecule has 0 spiro atoms. The molecule has 4 N–H and O–H groups in total. The Hall–Kier alpha value is -2.99. The first-order valence-electron chi connectivity index (χ1n) is 7.77. The number of nitrogens with one attached hydrogen (secondary N) is 1. The van der Waals surface area contributed by atoms with Gasteiger partial charge >= 0.3 is 6.01 Å². The fourth-order valence-corrected chi connectivity index (χ4v) is 2.61. The molecule has 2 bridgehead atoms. The van der Waals surface area contributed by atoms with Crippen LogP contribution in [0.5, 0.6) is 6.01 Å². The normalized spacial score (nSPS) is 13.9. The van der Waals surface area contributed by atoms with Crippen LogP contribution in [0.25, 0.3) is 11.4 Å². The minimum Gasteiger partial charge on any atom is -0.479 e. The third-order valence-corrected chi connectivity index (χ3v) is 3.82. The predicted octanol–water partition coefficient (Wildman–Crippen LogP) is 2.90. The molecular weight excluding hydrogens is 302 g/mol. The van der Waals surface area contributed by atoms with Crippen molar-refractivity contribution in [2.24, 2.45) is 5.84 Å². The Morgan fingerprint density at radius 2 is 1.79 bits per heavy atom. The van der Waals surface area contributed by atoms with E-state index in [-0.39, 0.29) is 12.0 Å². The summed E-state index contributed by atoms with van der Waals surface area (Å²) in [6, 6.07) is 7.38. The number of rotatable bonds is 3. The topological polar surface area (TPSA) is 97.0 Å². The summed E-state index contributed by atoms with van der Waals surface area (Å²) in [5.41, 5.74) is 7.19. The van der Waals surface area contributed by atoms with E-state index in [1.165, 1.54) is 17.6 Å². The quantitative estimate of drug-likeness (QED) is 0.594. The minimum absolute atomic E-state index is 0.137. The lowest BCUT2D eigenvalue weighted by molar-refractivity contribution is 0.430. The summed E-state index contributed by atoms with van der Waals surface area (Å²) in [5, 5.41) is 9.39. The number of hydrogen-bond donors (Lipinski definition) is 3. The number of aryl methyl sites for hydroxylation is 1. The summed E-state index contributed by atoms with van der Waals surface area (Å²) in [4.78, 5) is 11.6. The highest BCUT2D eigenvalue weighted by molar-refractivity contribution is 5.61. The van der Waals surface area contributed by atoms with Crippen molar-refractivity contribution in [3.63, 3.8) is 0 Å². The Bertz CT molecular complexity index is 819. The lowest BCUT2D eigenvalue weighted by Gasteiger charge is -2.07. The van der Waals surface area contributed by atoms with Gasteiger partial charge in [0.2, 0.25) is 5.95 Å². The van der Waals surface area contributed by atoms with E-state index in [1.807, 2.05) is 31.2 Å². The van der Waals surface area contributed by atoms with Crippen LogP contribution in [0.4, 0.5) is 5.95 Å². The first-order valence-corrected chi connectivity index (χ1v) is 7.77. The molecule has 1 aromatic carbocycles. The summed E-state index contributed by atoms with van der Waals surface area (Å²) in [6.07, 6.45) is 10.8. The molecule has 4 rings (SSSR count). The zero-order chi connectivity index (χ0) is 16.9. The standard InChI is InChI=1S/C11H13N5O.C7H6/c1-2-7-5-3-4-6-8(7)9-13-10(16-12)15-11(17)14-9;1-2-7-4-3-6(1)5-7/h3-6H,2,12H2,1H3,(H2,13,14,15,16,17);1-4H,5H2. The summed E-state index contributed by atoms with van der Waals surface area (Å²) in [6.45, 7) is 2.04. The fraction of sp³-hybridized carbons (Fsp3) is 0.167. The van der Waals surface area contributed by atoms with Crippen LogP contribution in [0.1, 0.15) is 18.9 Å². The van der Waals surface area contributed by atoms with E-state index in [9.17, 15) is 5.11 Å². The minimum atomic E-state index is -0.353. The molecule has 0 unspecified atom stereocenters. The number of hydrogen-bond acceptors (Lipinski definition) is 6. The molecule has 0 aliphatic heterocycles. The first kappa shape index (κ1) is 15.9. The number of fused-ring (bicyclic) bond motifs is 2. The van der Waals surface area contributed by atoms with Crippen LogP contribution in [0, 0.1) is 0 Å². The van der Waals surface area contributed by atoms with Crippen LogP contribution >= 0.6 is 0 Å². The van der Waals surface area contributed by atoms with Crippen molar-refractivity contribution in [1.82, 2.24) is 15.0 Å². The average molecular weight is 321 g/mol. The Morgan fingerprint density at radius 1 is 1.08 bits per heavy atom. The molecule has 0 atom stereocenters. The fourth-order valence-electron chi connectivity index (χ4n) is 2.61. The Balaban J connectivity index is 0.000000198. The van der Waals surface area contributed by atoms with Gasteiger partial charge in [-0.05, 0) is 29.6 Å². The van der Waals surface area contributed by atoms with Crippen molar-refractivity contribution in [3.8, 4) is 17.4 Å². The van der Waals surface area contributed by atoms with Gasteiger partial charge < -0.3 is 5.11 Å². The van der Waals surface area contributed by atoms with Crippen molar-refractivity contribution in [3.05, 3.63) is 65.3 Å². The molecule has 0 amide bonds. The number of nitrogen functional groups attached to an aromatic ring is 1. The van der Waals surface area contributed by atoms with Crippen molar-refractivity contribution in [1.29, 1.82) is 0 Å². The number of nitrogens with zero attached hydrogens (tertiary/aromatic N) is 3. The Labute approximate surface area is 140 Å². The van der Waals surface area contributed by atoms with Gasteiger partial charge in [0, 0.05) is 5.56 Å². The van der Waals surface area contributed by atoms with Crippen LogP contribution in [-0.2, 0) is 6.42 Å². The van der Waals surface area contributed by atoms with E-state index in [1.54, 1.807) is 0 Å². The van der Waals surface area contributed by atoms with Crippen molar-refractivity contribution >= 4 is 5.95 Å². The van der Waals surface area contributed by atoms with E-state index in [2.05, 4.69) is 44.7 Å². The number of aromatic hydroxyl groups is 1. The molecule has 1 aromatic heterocycles.